The maximum atomic E-state index is 6.25. The van der Waals surface area contributed by atoms with Crippen LogP contribution in [0.1, 0.15) is 31.4 Å². The summed E-state index contributed by atoms with van der Waals surface area (Å²) in [6, 6.07) is 8.77. The van der Waals surface area contributed by atoms with E-state index in [4.69, 9.17) is 5.73 Å². The Kier molecular flexibility index (Phi) is 6.02. The molecule has 1 saturated heterocycles. The van der Waals surface area contributed by atoms with Crippen molar-refractivity contribution in [2.75, 3.05) is 33.2 Å². The molecular weight excluding hydrogens is 314 g/mol. The highest BCUT2D eigenvalue weighted by Gasteiger charge is 2.23. The van der Waals surface area contributed by atoms with E-state index in [0.29, 0.717) is 0 Å². The van der Waals surface area contributed by atoms with Gasteiger partial charge in [-0.05, 0) is 51.5 Å². The molecule has 0 aromatic heterocycles. The summed E-state index contributed by atoms with van der Waals surface area (Å²) in [5, 5.41) is 0. The van der Waals surface area contributed by atoms with E-state index >= 15 is 0 Å². The van der Waals surface area contributed by atoms with E-state index in [9.17, 15) is 0 Å². The number of likely N-dealkylation sites (tertiary alicyclic amines) is 1. The van der Waals surface area contributed by atoms with Crippen molar-refractivity contribution in [2.24, 2.45) is 5.73 Å². The average molecular weight is 340 g/mol. The van der Waals surface area contributed by atoms with Crippen LogP contribution in [0.5, 0.6) is 0 Å². The van der Waals surface area contributed by atoms with Crippen LogP contribution in [0.25, 0.3) is 0 Å². The van der Waals surface area contributed by atoms with Gasteiger partial charge in [-0.2, -0.15) is 0 Å². The van der Waals surface area contributed by atoms with Crippen LogP contribution in [0.15, 0.2) is 28.7 Å². The summed E-state index contributed by atoms with van der Waals surface area (Å²) in [6.07, 6.45) is 2.70. The van der Waals surface area contributed by atoms with Gasteiger partial charge in [-0.3, -0.25) is 4.90 Å². The molecule has 0 aliphatic carbocycles. The van der Waals surface area contributed by atoms with Crippen molar-refractivity contribution in [1.82, 2.24) is 9.80 Å². The van der Waals surface area contributed by atoms with Crippen molar-refractivity contribution in [3.8, 4) is 0 Å². The zero-order valence-corrected chi connectivity index (χ0v) is 14.1. The second-order valence-electron chi connectivity index (χ2n) is 5.85. The first-order valence-electron chi connectivity index (χ1n) is 7.52. The Bertz CT molecular complexity index is 416. The van der Waals surface area contributed by atoms with Gasteiger partial charge in [0.15, 0.2) is 0 Å². The molecular formula is C16H26BrN3. The van der Waals surface area contributed by atoms with Crippen molar-refractivity contribution < 1.29 is 0 Å². The van der Waals surface area contributed by atoms with E-state index in [1.54, 1.807) is 0 Å². The standard InChI is InChI=1S/C16H26BrN3/c1-13(18)16(14-7-3-4-8-15(14)17)19(2)11-12-20-9-5-6-10-20/h3-4,7-8,13,16H,5-6,9-12,18H2,1-2H3. The van der Waals surface area contributed by atoms with Crippen LogP contribution < -0.4 is 5.73 Å². The molecule has 1 aromatic carbocycles. The molecule has 1 fully saturated rings. The molecule has 2 rings (SSSR count). The van der Waals surface area contributed by atoms with E-state index < -0.39 is 0 Å². The molecule has 2 N–H and O–H groups in total. The van der Waals surface area contributed by atoms with Gasteiger partial charge in [0.05, 0.1) is 6.04 Å². The quantitative estimate of drug-likeness (QED) is 0.864. The fourth-order valence-corrected chi connectivity index (χ4v) is 3.60. The molecule has 1 aliphatic rings. The minimum atomic E-state index is 0.109. The first kappa shape index (κ1) is 16.0. The molecule has 0 amide bonds. The van der Waals surface area contributed by atoms with Crippen LogP contribution in [0, 0.1) is 0 Å². The van der Waals surface area contributed by atoms with Crippen LogP contribution in [-0.4, -0.2) is 49.1 Å². The normalized spacial score (nSPS) is 19.4. The number of likely N-dealkylation sites (N-methyl/N-ethyl adjacent to an activating group) is 1. The smallest absolute Gasteiger partial charge is 0.0505 e. The Hall–Kier alpha value is -0.420. The lowest BCUT2D eigenvalue weighted by Gasteiger charge is -2.33. The molecule has 112 valence electrons. The number of hydrogen-bond acceptors (Lipinski definition) is 3. The molecule has 2 unspecified atom stereocenters. The lowest BCUT2D eigenvalue weighted by Crippen LogP contribution is -2.41. The SMILES string of the molecule is CC(N)C(c1ccccc1Br)N(C)CCN1CCCC1. The van der Waals surface area contributed by atoms with Crippen molar-refractivity contribution in [1.29, 1.82) is 0 Å². The Morgan fingerprint density at radius 2 is 1.95 bits per heavy atom. The summed E-state index contributed by atoms with van der Waals surface area (Å²) in [4.78, 5) is 4.94. The van der Waals surface area contributed by atoms with Crippen LogP contribution in [0.2, 0.25) is 0 Å². The molecule has 3 nitrogen and oxygen atoms in total. The third-order valence-corrected chi connectivity index (χ3v) is 4.89. The Balaban J connectivity index is 2.02. The molecule has 0 saturated carbocycles. The van der Waals surface area contributed by atoms with Gasteiger partial charge in [0.2, 0.25) is 0 Å². The second kappa shape index (κ2) is 7.55. The van der Waals surface area contributed by atoms with Crippen LogP contribution in [-0.2, 0) is 0 Å². The fourth-order valence-electron chi connectivity index (χ4n) is 3.08. The Labute approximate surface area is 131 Å². The van der Waals surface area contributed by atoms with E-state index in [0.717, 1.165) is 17.6 Å². The van der Waals surface area contributed by atoms with Gasteiger partial charge in [0.25, 0.3) is 0 Å². The van der Waals surface area contributed by atoms with E-state index in [-0.39, 0.29) is 12.1 Å². The maximum absolute atomic E-state index is 6.25. The van der Waals surface area contributed by atoms with Crippen molar-refractivity contribution >= 4 is 15.9 Å². The van der Waals surface area contributed by atoms with Gasteiger partial charge < -0.3 is 10.6 Å². The summed E-state index contributed by atoms with van der Waals surface area (Å²) < 4.78 is 1.15. The van der Waals surface area contributed by atoms with Crippen LogP contribution >= 0.6 is 15.9 Å². The Morgan fingerprint density at radius 3 is 2.55 bits per heavy atom. The van der Waals surface area contributed by atoms with Gasteiger partial charge in [-0.15, -0.1) is 0 Å². The van der Waals surface area contributed by atoms with Crippen LogP contribution in [0.4, 0.5) is 0 Å². The van der Waals surface area contributed by atoms with Crippen LogP contribution in [0.3, 0.4) is 0 Å². The molecule has 0 bridgehead atoms. The summed E-state index contributed by atoms with van der Waals surface area (Å²) >= 11 is 3.66. The molecule has 4 heteroatoms. The molecule has 0 radical (unpaired) electrons. The minimum absolute atomic E-state index is 0.109. The number of halogens is 1. The molecule has 0 spiro atoms. The number of hydrogen-bond donors (Lipinski definition) is 1. The highest BCUT2D eigenvalue weighted by Crippen LogP contribution is 2.29. The van der Waals surface area contributed by atoms with Gasteiger partial charge in [0, 0.05) is 23.6 Å². The number of nitrogens with zero attached hydrogens (tertiary/aromatic N) is 2. The number of benzene rings is 1. The maximum Gasteiger partial charge on any atom is 0.0505 e. The third kappa shape index (κ3) is 4.04. The molecule has 1 aromatic rings. The molecule has 1 aliphatic heterocycles. The minimum Gasteiger partial charge on any atom is -0.326 e. The summed E-state index contributed by atoms with van der Waals surface area (Å²) in [5.41, 5.74) is 7.53. The van der Waals surface area contributed by atoms with E-state index in [1.165, 1.54) is 31.5 Å². The lowest BCUT2D eigenvalue weighted by atomic mass is 9.99. The van der Waals surface area contributed by atoms with Crippen molar-refractivity contribution in [2.45, 2.75) is 31.8 Å². The summed E-state index contributed by atoms with van der Waals surface area (Å²) in [6.45, 7) is 6.81. The summed E-state index contributed by atoms with van der Waals surface area (Å²) in [7, 11) is 2.18. The zero-order valence-electron chi connectivity index (χ0n) is 12.6. The summed E-state index contributed by atoms with van der Waals surface area (Å²) in [5.74, 6) is 0. The highest BCUT2D eigenvalue weighted by molar-refractivity contribution is 9.10. The average Bonchev–Trinajstić information content (AvgIpc) is 2.92. The monoisotopic (exact) mass is 339 g/mol. The molecule has 20 heavy (non-hydrogen) atoms. The van der Waals surface area contributed by atoms with Gasteiger partial charge in [-0.25, -0.2) is 0 Å². The first-order valence-corrected chi connectivity index (χ1v) is 8.31. The van der Waals surface area contributed by atoms with Crippen molar-refractivity contribution in [3.05, 3.63) is 34.3 Å². The number of rotatable bonds is 6. The lowest BCUT2D eigenvalue weighted by molar-refractivity contribution is 0.188. The predicted octanol–water partition coefficient (Wildman–Crippen LogP) is 2.87. The molecule has 2 atom stereocenters. The van der Waals surface area contributed by atoms with E-state index in [2.05, 4.69) is 64.0 Å². The Morgan fingerprint density at radius 1 is 1.30 bits per heavy atom. The van der Waals surface area contributed by atoms with E-state index in [1.807, 2.05) is 0 Å². The first-order chi connectivity index (χ1) is 9.59. The predicted molar refractivity (Wildman–Crippen MR) is 88.8 cm³/mol. The van der Waals surface area contributed by atoms with Gasteiger partial charge >= 0.3 is 0 Å². The largest absolute Gasteiger partial charge is 0.326 e. The second-order valence-corrected chi connectivity index (χ2v) is 6.71. The third-order valence-electron chi connectivity index (χ3n) is 4.16. The zero-order chi connectivity index (χ0) is 14.5. The fraction of sp³-hybridized carbons (Fsp3) is 0.625. The van der Waals surface area contributed by atoms with Crippen molar-refractivity contribution in [3.63, 3.8) is 0 Å². The van der Waals surface area contributed by atoms with Gasteiger partial charge in [-0.1, -0.05) is 34.1 Å². The number of nitrogens with two attached hydrogens (primary N) is 1. The highest BCUT2D eigenvalue weighted by atomic mass is 79.9. The topological polar surface area (TPSA) is 32.5 Å². The van der Waals surface area contributed by atoms with Gasteiger partial charge in [0.1, 0.15) is 0 Å². The molecule has 1 heterocycles.